The van der Waals surface area contributed by atoms with Gasteiger partial charge in [0.05, 0.1) is 12.6 Å². The fourth-order valence-corrected chi connectivity index (χ4v) is 2.40. The number of rotatable bonds is 13. The second-order valence-electron chi connectivity index (χ2n) is 7.01. The molecular weight excluding hydrogens is 388 g/mol. The lowest BCUT2D eigenvalue weighted by atomic mass is 10.0. The highest BCUT2D eigenvalue weighted by molar-refractivity contribution is 5.94. The smallest absolute Gasteiger partial charge is 0.326 e. The van der Waals surface area contributed by atoms with E-state index in [2.05, 4.69) is 16.0 Å². The Labute approximate surface area is 168 Å². The first-order chi connectivity index (χ1) is 13.4. The highest BCUT2D eigenvalue weighted by atomic mass is 16.4. The van der Waals surface area contributed by atoms with Gasteiger partial charge >= 0.3 is 11.9 Å². The molecule has 0 rings (SSSR count). The molecule has 3 amide bonds. The van der Waals surface area contributed by atoms with Crippen LogP contribution in [-0.2, 0) is 24.0 Å². The number of aliphatic hydroxyl groups excluding tert-OH is 1. The fourth-order valence-electron chi connectivity index (χ4n) is 2.40. The zero-order valence-corrected chi connectivity index (χ0v) is 16.7. The highest BCUT2D eigenvalue weighted by Crippen LogP contribution is 2.07. The van der Waals surface area contributed by atoms with Crippen LogP contribution < -0.4 is 21.7 Å². The van der Waals surface area contributed by atoms with Gasteiger partial charge in [0.15, 0.2) is 0 Å². The van der Waals surface area contributed by atoms with Crippen LogP contribution in [0.3, 0.4) is 0 Å². The van der Waals surface area contributed by atoms with E-state index < -0.39 is 60.3 Å². The molecule has 0 spiro atoms. The van der Waals surface area contributed by atoms with E-state index in [-0.39, 0.29) is 25.3 Å². The van der Waals surface area contributed by atoms with Gasteiger partial charge in [0.25, 0.3) is 0 Å². The van der Waals surface area contributed by atoms with Gasteiger partial charge in [0.1, 0.15) is 18.1 Å². The Kier molecular flexibility index (Phi) is 11.5. The minimum Gasteiger partial charge on any atom is -0.481 e. The van der Waals surface area contributed by atoms with Gasteiger partial charge in [-0.15, -0.1) is 0 Å². The lowest BCUT2D eigenvalue weighted by molar-refractivity contribution is -0.144. The predicted octanol–water partition coefficient (Wildman–Crippen LogP) is -2.22. The number of carbonyl (C=O) groups is 5. The Hall–Kier alpha value is -2.73. The first-order valence-electron chi connectivity index (χ1n) is 9.11. The number of nitrogens with two attached hydrogens (primary N) is 1. The van der Waals surface area contributed by atoms with Crippen LogP contribution in [0.2, 0.25) is 0 Å². The van der Waals surface area contributed by atoms with Gasteiger partial charge in [0, 0.05) is 6.42 Å². The van der Waals surface area contributed by atoms with Crippen molar-refractivity contribution in [3.05, 3.63) is 0 Å². The van der Waals surface area contributed by atoms with Crippen molar-refractivity contribution in [2.24, 2.45) is 11.7 Å². The number of carbonyl (C=O) groups excluding carboxylic acids is 3. The van der Waals surface area contributed by atoms with Crippen LogP contribution in [-0.4, -0.2) is 75.8 Å². The molecule has 0 aliphatic rings. The minimum absolute atomic E-state index is 0.00932. The van der Waals surface area contributed by atoms with Crippen LogP contribution in [0.1, 0.15) is 40.0 Å². The van der Waals surface area contributed by atoms with E-state index in [1.807, 2.05) is 13.8 Å². The maximum absolute atomic E-state index is 12.5. The first kappa shape index (κ1) is 26.3. The highest BCUT2D eigenvalue weighted by Gasteiger charge is 2.32. The van der Waals surface area contributed by atoms with E-state index >= 15 is 0 Å². The second-order valence-corrected chi connectivity index (χ2v) is 7.01. The van der Waals surface area contributed by atoms with Gasteiger partial charge in [-0.05, 0) is 25.7 Å². The van der Waals surface area contributed by atoms with Crippen LogP contribution in [0.4, 0.5) is 0 Å². The molecule has 12 heteroatoms. The van der Waals surface area contributed by atoms with Crippen LogP contribution >= 0.6 is 0 Å². The van der Waals surface area contributed by atoms with E-state index in [0.29, 0.717) is 0 Å². The lowest BCUT2D eigenvalue weighted by Gasteiger charge is -2.26. The summed E-state index contributed by atoms with van der Waals surface area (Å²) in [6.07, 6.45) is -2.02. The predicted molar refractivity (Wildman–Crippen MR) is 100 cm³/mol. The molecule has 0 aromatic rings. The Balaban J connectivity index is 5.27. The average Bonchev–Trinajstić information content (AvgIpc) is 2.60. The number of carboxylic acid groups (broad SMARTS) is 2. The third kappa shape index (κ3) is 10.4. The SMILES string of the molecule is CC(C)CC(NC(=O)CN)C(=O)NC(C(=O)NC(CCC(=O)O)C(=O)O)C(C)O. The molecule has 0 radical (unpaired) electrons. The molecule has 4 unspecified atom stereocenters. The second kappa shape index (κ2) is 12.7. The standard InChI is InChI=1S/C17H30N4O8/c1-8(2)6-11(19-12(23)7-18)15(26)21-14(9(3)22)16(27)20-10(17(28)29)4-5-13(24)25/h8-11,14,22H,4-7,18H2,1-3H3,(H,19,23)(H,20,27)(H,21,26)(H,24,25)(H,28,29). The molecule has 0 aromatic heterocycles. The van der Waals surface area contributed by atoms with Gasteiger partial charge in [-0.1, -0.05) is 13.8 Å². The summed E-state index contributed by atoms with van der Waals surface area (Å²) < 4.78 is 0. The van der Waals surface area contributed by atoms with Crippen LogP contribution in [0.5, 0.6) is 0 Å². The number of carboxylic acids is 2. The van der Waals surface area contributed by atoms with Crippen molar-refractivity contribution in [1.29, 1.82) is 0 Å². The van der Waals surface area contributed by atoms with E-state index in [1.165, 1.54) is 6.92 Å². The van der Waals surface area contributed by atoms with E-state index in [9.17, 15) is 29.1 Å². The van der Waals surface area contributed by atoms with Crippen molar-refractivity contribution in [3.8, 4) is 0 Å². The van der Waals surface area contributed by atoms with E-state index in [0.717, 1.165) is 0 Å². The normalized spacial score (nSPS) is 15.0. The topological polar surface area (TPSA) is 208 Å². The summed E-state index contributed by atoms with van der Waals surface area (Å²) in [7, 11) is 0. The first-order valence-corrected chi connectivity index (χ1v) is 9.11. The molecule has 0 aliphatic heterocycles. The third-order valence-corrected chi connectivity index (χ3v) is 3.87. The summed E-state index contributed by atoms with van der Waals surface area (Å²) in [6, 6.07) is -4.04. The number of aliphatic hydroxyl groups is 1. The summed E-state index contributed by atoms with van der Waals surface area (Å²) in [5, 5.41) is 34.5. The van der Waals surface area contributed by atoms with Crippen molar-refractivity contribution < 1.29 is 39.3 Å². The number of nitrogens with one attached hydrogen (secondary N) is 3. The number of aliphatic carboxylic acids is 2. The Morgan fingerprint density at radius 3 is 1.90 bits per heavy atom. The Bertz CT molecular complexity index is 608. The molecule has 0 bridgehead atoms. The quantitative estimate of drug-likeness (QED) is 0.172. The van der Waals surface area contributed by atoms with Crippen molar-refractivity contribution in [3.63, 3.8) is 0 Å². The van der Waals surface area contributed by atoms with Gasteiger partial charge in [-0.25, -0.2) is 4.79 Å². The summed E-state index contributed by atoms with van der Waals surface area (Å²) in [4.78, 5) is 58.3. The largest absolute Gasteiger partial charge is 0.481 e. The molecule has 0 aliphatic carbocycles. The van der Waals surface area contributed by atoms with Crippen LogP contribution in [0, 0.1) is 5.92 Å². The maximum Gasteiger partial charge on any atom is 0.326 e. The van der Waals surface area contributed by atoms with Crippen LogP contribution in [0.15, 0.2) is 0 Å². The number of amides is 3. The molecule has 0 aromatic carbocycles. The van der Waals surface area contributed by atoms with Gasteiger partial charge in [-0.2, -0.15) is 0 Å². The molecule has 166 valence electrons. The van der Waals surface area contributed by atoms with Gasteiger partial charge < -0.3 is 37.0 Å². The molecule has 4 atom stereocenters. The maximum atomic E-state index is 12.5. The molecule has 0 heterocycles. The fraction of sp³-hybridized carbons (Fsp3) is 0.706. The van der Waals surface area contributed by atoms with Crippen molar-refractivity contribution in [2.75, 3.05) is 6.54 Å². The monoisotopic (exact) mass is 418 g/mol. The molecule has 0 saturated heterocycles. The summed E-state index contributed by atoms with van der Waals surface area (Å²) in [6.45, 7) is 4.50. The van der Waals surface area contributed by atoms with Gasteiger partial charge in [0.2, 0.25) is 17.7 Å². The lowest BCUT2D eigenvalue weighted by Crippen LogP contribution is -2.59. The van der Waals surface area contributed by atoms with Gasteiger partial charge in [-0.3, -0.25) is 19.2 Å². The third-order valence-electron chi connectivity index (χ3n) is 3.87. The Morgan fingerprint density at radius 1 is 0.897 bits per heavy atom. The zero-order valence-electron chi connectivity index (χ0n) is 16.7. The van der Waals surface area contributed by atoms with E-state index in [1.54, 1.807) is 0 Å². The zero-order chi connectivity index (χ0) is 22.7. The summed E-state index contributed by atoms with van der Waals surface area (Å²) in [5.74, 6) is -5.02. The molecule has 0 saturated carbocycles. The summed E-state index contributed by atoms with van der Waals surface area (Å²) >= 11 is 0. The minimum atomic E-state index is -1.52. The van der Waals surface area contributed by atoms with Crippen molar-refractivity contribution in [2.45, 2.75) is 64.3 Å². The van der Waals surface area contributed by atoms with Crippen molar-refractivity contribution >= 4 is 29.7 Å². The Morgan fingerprint density at radius 2 is 1.48 bits per heavy atom. The molecule has 0 fully saturated rings. The van der Waals surface area contributed by atoms with Crippen LogP contribution in [0.25, 0.3) is 0 Å². The summed E-state index contributed by atoms with van der Waals surface area (Å²) in [5.41, 5.74) is 5.24. The molecular formula is C17H30N4O8. The molecule has 8 N–H and O–H groups in total. The van der Waals surface area contributed by atoms with Crippen molar-refractivity contribution in [1.82, 2.24) is 16.0 Å². The molecule has 29 heavy (non-hydrogen) atoms. The molecule has 12 nitrogen and oxygen atoms in total. The average molecular weight is 418 g/mol. The van der Waals surface area contributed by atoms with E-state index in [4.69, 9.17) is 15.9 Å². The number of hydrogen-bond acceptors (Lipinski definition) is 7. The number of hydrogen-bond donors (Lipinski definition) is 7.